The third kappa shape index (κ3) is 2.72. The van der Waals surface area contributed by atoms with E-state index in [2.05, 4.69) is 9.97 Å². The number of anilines is 1. The highest BCUT2D eigenvalue weighted by Gasteiger charge is 2.30. The molecule has 1 unspecified atom stereocenters. The first-order chi connectivity index (χ1) is 8.33. The molecule has 1 aliphatic heterocycles. The van der Waals surface area contributed by atoms with Gasteiger partial charge in [0.2, 0.25) is 0 Å². The van der Waals surface area contributed by atoms with E-state index in [1.165, 1.54) is 0 Å². The van der Waals surface area contributed by atoms with Gasteiger partial charge in [-0.05, 0) is 26.2 Å². The minimum Gasteiger partial charge on any atom is -0.464 e. The van der Waals surface area contributed by atoms with E-state index in [4.69, 9.17) is 4.74 Å². The van der Waals surface area contributed by atoms with E-state index in [1.54, 1.807) is 18.6 Å². The van der Waals surface area contributed by atoms with Crippen LogP contribution in [-0.2, 0) is 9.53 Å². The van der Waals surface area contributed by atoms with Crippen molar-refractivity contribution in [2.24, 2.45) is 0 Å². The average Bonchev–Trinajstić information content (AvgIpc) is 2.40. The van der Waals surface area contributed by atoms with Gasteiger partial charge in [0.25, 0.3) is 0 Å². The summed E-state index contributed by atoms with van der Waals surface area (Å²) in [7, 11) is 0. The molecule has 1 saturated heterocycles. The van der Waals surface area contributed by atoms with Gasteiger partial charge in [0.05, 0.1) is 12.8 Å². The van der Waals surface area contributed by atoms with Gasteiger partial charge in [-0.2, -0.15) is 0 Å². The molecule has 0 bridgehead atoms. The number of carbonyl (C=O) groups excluding carboxylic acids is 1. The number of esters is 1. The van der Waals surface area contributed by atoms with Gasteiger partial charge < -0.3 is 9.64 Å². The smallest absolute Gasteiger partial charge is 0.328 e. The van der Waals surface area contributed by atoms with Gasteiger partial charge in [0.1, 0.15) is 11.9 Å². The van der Waals surface area contributed by atoms with Crippen LogP contribution in [0.5, 0.6) is 0 Å². The number of piperidine rings is 1. The van der Waals surface area contributed by atoms with Crippen molar-refractivity contribution < 1.29 is 9.53 Å². The fraction of sp³-hybridized carbons (Fsp3) is 0.583. The summed E-state index contributed by atoms with van der Waals surface area (Å²) >= 11 is 0. The van der Waals surface area contributed by atoms with Crippen molar-refractivity contribution in [3.05, 3.63) is 18.6 Å². The van der Waals surface area contributed by atoms with Gasteiger partial charge in [0, 0.05) is 18.9 Å². The molecule has 1 fully saturated rings. The molecule has 1 atom stereocenters. The van der Waals surface area contributed by atoms with Gasteiger partial charge in [-0.1, -0.05) is 0 Å². The highest BCUT2D eigenvalue weighted by molar-refractivity contribution is 5.79. The molecule has 0 aromatic carbocycles. The Morgan fingerprint density at radius 1 is 1.53 bits per heavy atom. The number of aromatic nitrogens is 2. The molecule has 0 radical (unpaired) electrons. The number of ether oxygens (including phenoxy) is 1. The third-order valence-electron chi connectivity index (χ3n) is 2.91. The summed E-state index contributed by atoms with van der Waals surface area (Å²) in [6.07, 6.45) is 7.93. The van der Waals surface area contributed by atoms with Crippen LogP contribution in [0.15, 0.2) is 18.6 Å². The molecule has 2 rings (SSSR count). The molecule has 92 valence electrons. The Hall–Kier alpha value is -1.65. The number of hydrogen-bond acceptors (Lipinski definition) is 5. The van der Waals surface area contributed by atoms with Crippen LogP contribution >= 0.6 is 0 Å². The first kappa shape index (κ1) is 11.8. The monoisotopic (exact) mass is 235 g/mol. The van der Waals surface area contributed by atoms with Crippen LogP contribution < -0.4 is 4.90 Å². The van der Waals surface area contributed by atoms with E-state index in [0.29, 0.717) is 6.61 Å². The normalized spacial score (nSPS) is 20.1. The van der Waals surface area contributed by atoms with Crippen LogP contribution in [0.4, 0.5) is 5.82 Å². The lowest BCUT2D eigenvalue weighted by atomic mass is 10.0. The fourth-order valence-corrected chi connectivity index (χ4v) is 2.13. The minimum atomic E-state index is -0.208. The number of hydrogen-bond donors (Lipinski definition) is 0. The molecule has 2 heterocycles. The van der Waals surface area contributed by atoms with Crippen molar-refractivity contribution >= 4 is 11.8 Å². The highest BCUT2D eigenvalue weighted by Crippen LogP contribution is 2.23. The van der Waals surface area contributed by atoms with Gasteiger partial charge >= 0.3 is 5.97 Å². The van der Waals surface area contributed by atoms with Crippen molar-refractivity contribution in [2.75, 3.05) is 18.1 Å². The van der Waals surface area contributed by atoms with Crippen molar-refractivity contribution in [1.29, 1.82) is 0 Å². The molecule has 1 aliphatic rings. The van der Waals surface area contributed by atoms with Crippen molar-refractivity contribution in [2.45, 2.75) is 32.2 Å². The van der Waals surface area contributed by atoms with Gasteiger partial charge in [0.15, 0.2) is 0 Å². The van der Waals surface area contributed by atoms with Crippen LogP contribution in [0.2, 0.25) is 0 Å². The molecule has 0 aliphatic carbocycles. The standard InChI is InChI=1S/C12H17N3O2/c1-2-17-12(16)10-5-3-4-8-15(10)11-9-13-6-7-14-11/h6-7,9-10H,2-5,8H2,1H3. The van der Waals surface area contributed by atoms with E-state index < -0.39 is 0 Å². The van der Waals surface area contributed by atoms with Gasteiger partial charge in [-0.25, -0.2) is 9.78 Å². The maximum Gasteiger partial charge on any atom is 0.328 e. The van der Waals surface area contributed by atoms with E-state index in [-0.39, 0.29) is 12.0 Å². The Kier molecular flexibility index (Phi) is 3.90. The summed E-state index contributed by atoms with van der Waals surface area (Å²) in [6, 6.07) is -0.208. The lowest BCUT2D eigenvalue weighted by Crippen LogP contribution is -2.46. The highest BCUT2D eigenvalue weighted by atomic mass is 16.5. The molecular formula is C12H17N3O2. The van der Waals surface area contributed by atoms with Crippen LogP contribution in [-0.4, -0.2) is 35.1 Å². The minimum absolute atomic E-state index is 0.155. The molecule has 1 aromatic heterocycles. The molecule has 1 aromatic rings. The average molecular weight is 235 g/mol. The predicted octanol–water partition coefficient (Wildman–Crippen LogP) is 1.40. The summed E-state index contributed by atoms with van der Waals surface area (Å²) in [5.74, 6) is 0.600. The first-order valence-corrected chi connectivity index (χ1v) is 6.02. The van der Waals surface area contributed by atoms with Crippen LogP contribution in [0.3, 0.4) is 0 Å². The Labute approximate surface area is 101 Å². The molecule has 5 heteroatoms. The van der Waals surface area contributed by atoms with Crippen LogP contribution in [0, 0.1) is 0 Å². The molecule has 0 N–H and O–H groups in total. The maximum atomic E-state index is 11.9. The summed E-state index contributed by atoms with van der Waals surface area (Å²) in [5, 5.41) is 0. The molecule has 0 amide bonds. The number of nitrogens with zero attached hydrogens (tertiary/aromatic N) is 3. The van der Waals surface area contributed by atoms with Crippen molar-refractivity contribution in [1.82, 2.24) is 9.97 Å². The van der Waals surface area contributed by atoms with Gasteiger partial charge in [-0.3, -0.25) is 4.98 Å². The Morgan fingerprint density at radius 2 is 2.41 bits per heavy atom. The maximum absolute atomic E-state index is 11.9. The molecule has 0 saturated carbocycles. The predicted molar refractivity (Wildman–Crippen MR) is 63.7 cm³/mol. The quantitative estimate of drug-likeness (QED) is 0.741. The topological polar surface area (TPSA) is 55.3 Å². The zero-order valence-corrected chi connectivity index (χ0v) is 10.0. The van der Waals surface area contributed by atoms with E-state index >= 15 is 0 Å². The zero-order chi connectivity index (χ0) is 12.1. The van der Waals surface area contributed by atoms with E-state index in [9.17, 15) is 4.79 Å². The zero-order valence-electron chi connectivity index (χ0n) is 10.0. The van der Waals surface area contributed by atoms with Gasteiger partial charge in [-0.15, -0.1) is 0 Å². The van der Waals surface area contributed by atoms with Crippen molar-refractivity contribution in [3.63, 3.8) is 0 Å². The number of rotatable bonds is 3. The second-order valence-electron chi connectivity index (χ2n) is 4.02. The Balaban J connectivity index is 2.15. The molecule has 17 heavy (non-hydrogen) atoms. The van der Waals surface area contributed by atoms with E-state index in [0.717, 1.165) is 31.6 Å². The third-order valence-corrected chi connectivity index (χ3v) is 2.91. The summed E-state index contributed by atoms with van der Waals surface area (Å²) in [5.41, 5.74) is 0. The largest absolute Gasteiger partial charge is 0.464 e. The summed E-state index contributed by atoms with van der Waals surface area (Å²) in [4.78, 5) is 22.2. The summed E-state index contributed by atoms with van der Waals surface area (Å²) < 4.78 is 5.10. The molecular weight excluding hydrogens is 218 g/mol. The fourth-order valence-electron chi connectivity index (χ4n) is 2.13. The Bertz CT molecular complexity index is 369. The Morgan fingerprint density at radius 3 is 3.12 bits per heavy atom. The molecule has 0 spiro atoms. The second-order valence-corrected chi connectivity index (χ2v) is 4.02. The second kappa shape index (κ2) is 5.61. The van der Waals surface area contributed by atoms with E-state index in [1.807, 2.05) is 11.8 Å². The SMILES string of the molecule is CCOC(=O)C1CCCCN1c1cnccn1. The lowest BCUT2D eigenvalue weighted by molar-refractivity contribution is -0.145. The summed E-state index contributed by atoms with van der Waals surface area (Å²) in [6.45, 7) is 3.08. The molecule has 5 nitrogen and oxygen atoms in total. The van der Waals surface area contributed by atoms with Crippen LogP contribution in [0.1, 0.15) is 26.2 Å². The lowest BCUT2D eigenvalue weighted by Gasteiger charge is -2.34. The number of carbonyl (C=O) groups is 1. The first-order valence-electron chi connectivity index (χ1n) is 6.02. The van der Waals surface area contributed by atoms with Crippen molar-refractivity contribution in [3.8, 4) is 0 Å². The van der Waals surface area contributed by atoms with Crippen LogP contribution in [0.25, 0.3) is 0 Å².